The number of nitrogens with zero attached hydrogens (tertiary/aromatic N) is 1. The first-order chi connectivity index (χ1) is 15.9. The largest absolute Gasteiger partial charge is 0.367 e. The number of aryl methyl sites for hydroxylation is 1. The Labute approximate surface area is 198 Å². The smallest absolute Gasteiger partial charge is 0.249 e. The normalized spacial score (nSPS) is 15.7. The molecule has 1 unspecified atom stereocenters. The molecule has 0 heterocycles. The van der Waals surface area contributed by atoms with Crippen molar-refractivity contribution in [2.45, 2.75) is 64.6 Å². The first kappa shape index (κ1) is 23.3. The summed E-state index contributed by atoms with van der Waals surface area (Å²) in [7, 11) is 0. The standard InChI is InChI=1S/C30H35NO2/c1-30(2,3)26-18-16-23(17-19-26)20-31(28-15-9-13-25-12-7-8-14-27(25)28)29(32)22-33-21-24-10-5-4-6-11-24/h4-8,10-12,14,16-19,28H,9,13,15,20-22H2,1-3H3. The molecule has 4 rings (SSSR count). The lowest BCUT2D eigenvalue weighted by molar-refractivity contribution is -0.140. The van der Waals surface area contributed by atoms with Crippen LogP contribution in [-0.4, -0.2) is 17.4 Å². The molecule has 0 bridgehead atoms. The second kappa shape index (κ2) is 10.4. The molecule has 0 aromatic heterocycles. The Morgan fingerprint density at radius 1 is 0.909 bits per heavy atom. The van der Waals surface area contributed by atoms with Gasteiger partial charge in [-0.2, -0.15) is 0 Å². The molecule has 1 atom stereocenters. The van der Waals surface area contributed by atoms with E-state index in [0.29, 0.717) is 13.2 Å². The summed E-state index contributed by atoms with van der Waals surface area (Å²) < 4.78 is 5.85. The molecule has 0 aliphatic heterocycles. The molecule has 3 aromatic rings. The van der Waals surface area contributed by atoms with E-state index >= 15 is 0 Å². The predicted molar refractivity (Wildman–Crippen MR) is 134 cm³/mol. The van der Waals surface area contributed by atoms with Crippen LogP contribution in [0.15, 0.2) is 78.9 Å². The number of ether oxygens (including phenoxy) is 1. The fourth-order valence-electron chi connectivity index (χ4n) is 4.64. The van der Waals surface area contributed by atoms with E-state index in [1.54, 1.807) is 0 Å². The molecule has 3 heteroatoms. The molecule has 0 fully saturated rings. The number of carbonyl (C=O) groups is 1. The predicted octanol–water partition coefficient (Wildman–Crippen LogP) is 6.61. The average molecular weight is 442 g/mol. The first-order valence-electron chi connectivity index (χ1n) is 12.0. The highest BCUT2D eigenvalue weighted by molar-refractivity contribution is 5.78. The van der Waals surface area contributed by atoms with E-state index in [1.807, 2.05) is 35.2 Å². The summed E-state index contributed by atoms with van der Waals surface area (Å²) in [6, 6.07) is 27.4. The van der Waals surface area contributed by atoms with Gasteiger partial charge in [0, 0.05) is 6.54 Å². The van der Waals surface area contributed by atoms with E-state index in [1.165, 1.54) is 16.7 Å². The van der Waals surface area contributed by atoms with Crippen LogP contribution in [0.2, 0.25) is 0 Å². The van der Waals surface area contributed by atoms with Crippen LogP contribution in [0.25, 0.3) is 0 Å². The van der Waals surface area contributed by atoms with Crippen molar-refractivity contribution in [3.8, 4) is 0 Å². The highest BCUT2D eigenvalue weighted by Gasteiger charge is 2.29. The monoisotopic (exact) mass is 441 g/mol. The van der Waals surface area contributed by atoms with Crippen molar-refractivity contribution in [1.82, 2.24) is 4.90 Å². The Kier molecular flexibility index (Phi) is 7.29. The molecule has 3 nitrogen and oxygen atoms in total. The van der Waals surface area contributed by atoms with E-state index in [-0.39, 0.29) is 24.0 Å². The molecule has 3 aromatic carbocycles. The van der Waals surface area contributed by atoms with E-state index in [4.69, 9.17) is 4.74 Å². The van der Waals surface area contributed by atoms with Gasteiger partial charge in [-0.1, -0.05) is 99.6 Å². The maximum absolute atomic E-state index is 13.5. The fourth-order valence-corrected chi connectivity index (χ4v) is 4.64. The number of hydrogen-bond donors (Lipinski definition) is 0. The molecule has 0 N–H and O–H groups in total. The summed E-state index contributed by atoms with van der Waals surface area (Å²) in [4.78, 5) is 15.5. The van der Waals surface area contributed by atoms with Gasteiger partial charge < -0.3 is 9.64 Å². The third kappa shape index (κ3) is 5.91. The quantitative estimate of drug-likeness (QED) is 0.413. The molecule has 0 saturated heterocycles. The Bertz CT molecular complexity index is 1050. The maximum atomic E-state index is 13.5. The van der Waals surface area contributed by atoms with Gasteiger partial charge >= 0.3 is 0 Å². The second-order valence-electron chi connectivity index (χ2n) is 10.1. The molecule has 1 amide bonds. The number of fused-ring (bicyclic) bond motifs is 1. The van der Waals surface area contributed by atoms with Gasteiger partial charge in [0.15, 0.2) is 0 Å². The first-order valence-corrected chi connectivity index (χ1v) is 12.0. The molecule has 0 spiro atoms. The number of hydrogen-bond acceptors (Lipinski definition) is 2. The van der Waals surface area contributed by atoms with Gasteiger partial charge in [-0.15, -0.1) is 0 Å². The van der Waals surface area contributed by atoms with Gasteiger partial charge in [0.1, 0.15) is 6.61 Å². The van der Waals surface area contributed by atoms with Gasteiger partial charge in [-0.05, 0) is 52.5 Å². The minimum Gasteiger partial charge on any atom is -0.367 e. The molecule has 0 radical (unpaired) electrons. The molecule has 0 saturated carbocycles. The molecule has 1 aliphatic carbocycles. The second-order valence-corrected chi connectivity index (χ2v) is 10.1. The lowest BCUT2D eigenvalue weighted by atomic mass is 9.85. The number of rotatable bonds is 7. The molecule has 33 heavy (non-hydrogen) atoms. The molecular formula is C30H35NO2. The van der Waals surface area contributed by atoms with Crippen molar-refractivity contribution >= 4 is 5.91 Å². The zero-order valence-corrected chi connectivity index (χ0v) is 20.1. The number of benzene rings is 3. The highest BCUT2D eigenvalue weighted by Crippen LogP contribution is 2.35. The SMILES string of the molecule is CC(C)(C)c1ccc(CN(C(=O)COCc2ccccc2)C2CCCc3ccccc32)cc1. The molecular weight excluding hydrogens is 406 g/mol. The van der Waals surface area contributed by atoms with Crippen LogP contribution < -0.4 is 0 Å². The van der Waals surface area contributed by atoms with Crippen molar-refractivity contribution < 1.29 is 9.53 Å². The summed E-state index contributed by atoms with van der Waals surface area (Å²) in [6.45, 7) is 7.80. The third-order valence-corrected chi connectivity index (χ3v) is 6.54. The van der Waals surface area contributed by atoms with E-state index in [0.717, 1.165) is 30.4 Å². The minimum absolute atomic E-state index is 0.0486. The van der Waals surface area contributed by atoms with Crippen molar-refractivity contribution in [2.75, 3.05) is 6.61 Å². The molecule has 1 aliphatic rings. The summed E-state index contributed by atoms with van der Waals surface area (Å²) in [5.41, 5.74) is 6.30. The van der Waals surface area contributed by atoms with Crippen molar-refractivity contribution in [3.63, 3.8) is 0 Å². The molecule has 172 valence electrons. The fraction of sp³-hybridized carbons (Fsp3) is 0.367. The Morgan fingerprint density at radius 2 is 1.61 bits per heavy atom. The van der Waals surface area contributed by atoms with Gasteiger partial charge in [-0.3, -0.25) is 4.79 Å². The lowest BCUT2D eigenvalue weighted by Gasteiger charge is -2.36. The lowest BCUT2D eigenvalue weighted by Crippen LogP contribution is -2.38. The van der Waals surface area contributed by atoms with Gasteiger partial charge in [0.2, 0.25) is 5.91 Å². The summed E-state index contributed by atoms with van der Waals surface area (Å²) in [5, 5.41) is 0. The number of carbonyl (C=O) groups excluding carboxylic acids is 1. The van der Waals surface area contributed by atoms with Crippen molar-refractivity contribution in [1.29, 1.82) is 0 Å². The zero-order valence-electron chi connectivity index (χ0n) is 20.1. The topological polar surface area (TPSA) is 29.5 Å². The van der Waals surface area contributed by atoms with Gasteiger partial charge in [-0.25, -0.2) is 0 Å². The van der Waals surface area contributed by atoms with Crippen LogP contribution in [0.5, 0.6) is 0 Å². The van der Waals surface area contributed by atoms with Crippen molar-refractivity contribution in [3.05, 3.63) is 107 Å². The zero-order chi connectivity index (χ0) is 23.3. The van der Waals surface area contributed by atoms with Gasteiger partial charge in [0.05, 0.1) is 12.6 Å². The van der Waals surface area contributed by atoms with Crippen LogP contribution in [0.4, 0.5) is 0 Å². The van der Waals surface area contributed by atoms with Crippen LogP contribution in [0, 0.1) is 0 Å². The maximum Gasteiger partial charge on any atom is 0.249 e. The summed E-state index contributed by atoms with van der Waals surface area (Å²) >= 11 is 0. The highest BCUT2D eigenvalue weighted by atomic mass is 16.5. The van der Waals surface area contributed by atoms with Crippen LogP contribution in [-0.2, 0) is 34.5 Å². The van der Waals surface area contributed by atoms with E-state index < -0.39 is 0 Å². The van der Waals surface area contributed by atoms with Crippen LogP contribution >= 0.6 is 0 Å². The van der Waals surface area contributed by atoms with Crippen molar-refractivity contribution in [2.24, 2.45) is 0 Å². The minimum atomic E-state index is 0.0486. The Hall–Kier alpha value is -2.91. The van der Waals surface area contributed by atoms with Gasteiger partial charge in [0.25, 0.3) is 0 Å². The summed E-state index contributed by atoms with van der Waals surface area (Å²) in [5.74, 6) is 0.0486. The third-order valence-electron chi connectivity index (χ3n) is 6.54. The number of amides is 1. The van der Waals surface area contributed by atoms with E-state index in [9.17, 15) is 4.79 Å². The van der Waals surface area contributed by atoms with Crippen LogP contribution in [0.3, 0.4) is 0 Å². The Morgan fingerprint density at radius 3 is 2.33 bits per heavy atom. The van der Waals surface area contributed by atoms with E-state index in [2.05, 4.69) is 69.3 Å². The Balaban J connectivity index is 1.54. The average Bonchev–Trinajstić information content (AvgIpc) is 2.82. The summed E-state index contributed by atoms with van der Waals surface area (Å²) in [6.07, 6.45) is 3.17. The van der Waals surface area contributed by atoms with Crippen LogP contribution in [0.1, 0.15) is 67.5 Å².